The molecule has 0 radical (unpaired) electrons. The van der Waals surface area contributed by atoms with Crippen LogP contribution in [0.4, 0.5) is 0 Å². The normalized spacial score (nSPS) is 12.4. The summed E-state index contributed by atoms with van der Waals surface area (Å²) in [5, 5.41) is 0. The Labute approximate surface area is 104 Å². The molecule has 2 rings (SSSR count). The number of nitrogens with two attached hydrogens (primary N) is 1. The molecule has 2 aromatic rings. The fourth-order valence-electron chi connectivity index (χ4n) is 1.62. The highest BCUT2D eigenvalue weighted by Crippen LogP contribution is 2.17. The Balaban J connectivity index is 2.11. The van der Waals surface area contributed by atoms with Gasteiger partial charge in [-0.2, -0.15) is 0 Å². The minimum Gasteiger partial charge on any atom is -0.322 e. The summed E-state index contributed by atoms with van der Waals surface area (Å²) in [4.78, 5) is 4.26. The van der Waals surface area contributed by atoms with E-state index < -0.39 is 0 Å². The number of benzene rings is 1. The zero-order chi connectivity index (χ0) is 11.4. The monoisotopic (exact) mass is 276 g/mol. The van der Waals surface area contributed by atoms with E-state index in [9.17, 15) is 0 Å². The van der Waals surface area contributed by atoms with Gasteiger partial charge in [-0.3, -0.25) is 4.98 Å². The van der Waals surface area contributed by atoms with Crippen LogP contribution in [0.2, 0.25) is 0 Å². The van der Waals surface area contributed by atoms with Crippen LogP contribution in [0.1, 0.15) is 17.3 Å². The Hall–Kier alpha value is -1.19. The number of rotatable bonds is 3. The van der Waals surface area contributed by atoms with E-state index in [0.29, 0.717) is 0 Å². The first kappa shape index (κ1) is 11.3. The van der Waals surface area contributed by atoms with Crippen LogP contribution in [-0.2, 0) is 6.42 Å². The van der Waals surface area contributed by atoms with Gasteiger partial charge in [0.15, 0.2) is 0 Å². The van der Waals surface area contributed by atoms with Gasteiger partial charge in [0, 0.05) is 10.7 Å². The summed E-state index contributed by atoms with van der Waals surface area (Å²) >= 11 is 3.45. The number of halogens is 1. The van der Waals surface area contributed by atoms with E-state index in [-0.39, 0.29) is 6.04 Å². The van der Waals surface area contributed by atoms with Crippen molar-refractivity contribution in [3.8, 4) is 0 Å². The van der Waals surface area contributed by atoms with E-state index in [2.05, 4.69) is 33.0 Å². The van der Waals surface area contributed by atoms with Crippen molar-refractivity contribution in [2.45, 2.75) is 12.5 Å². The van der Waals surface area contributed by atoms with Crippen molar-refractivity contribution >= 4 is 15.9 Å². The molecule has 2 N–H and O–H groups in total. The molecule has 1 aromatic heterocycles. The van der Waals surface area contributed by atoms with Crippen molar-refractivity contribution in [2.24, 2.45) is 5.73 Å². The first-order valence-electron chi connectivity index (χ1n) is 5.16. The zero-order valence-corrected chi connectivity index (χ0v) is 10.4. The third-order valence-corrected chi connectivity index (χ3v) is 2.91. The van der Waals surface area contributed by atoms with Gasteiger partial charge in [0.1, 0.15) is 0 Å². The molecule has 3 heteroatoms. The molecule has 1 heterocycles. The van der Waals surface area contributed by atoms with Crippen LogP contribution in [-0.4, -0.2) is 4.98 Å². The molecule has 0 saturated carbocycles. The van der Waals surface area contributed by atoms with Crippen LogP contribution in [0, 0.1) is 0 Å². The van der Waals surface area contributed by atoms with Gasteiger partial charge in [0.25, 0.3) is 0 Å². The molecule has 2 nitrogen and oxygen atoms in total. The van der Waals surface area contributed by atoms with Gasteiger partial charge < -0.3 is 5.73 Å². The minimum atomic E-state index is -0.0458. The standard InChI is InChI=1S/C13H13BrN2/c14-11-5-3-4-10(8-11)9-12(15)13-6-1-2-7-16-13/h1-8,12H,9,15H2. The van der Waals surface area contributed by atoms with Crippen LogP contribution < -0.4 is 5.73 Å². The minimum absolute atomic E-state index is 0.0458. The smallest absolute Gasteiger partial charge is 0.0574 e. The Morgan fingerprint density at radius 2 is 2.06 bits per heavy atom. The van der Waals surface area contributed by atoms with Crippen molar-refractivity contribution in [1.29, 1.82) is 0 Å². The van der Waals surface area contributed by atoms with E-state index in [0.717, 1.165) is 16.6 Å². The number of nitrogens with zero attached hydrogens (tertiary/aromatic N) is 1. The van der Waals surface area contributed by atoms with Crippen LogP contribution in [0.3, 0.4) is 0 Å². The number of hydrogen-bond acceptors (Lipinski definition) is 2. The van der Waals surface area contributed by atoms with E-state index >= 15 is 0 Å². The second kappa shape index (κ2) is 5.23. The maximum atomic E-state index is 6.10. The summed E-state index contributed by atoms with van der Waals surface area (Å²) in [5.74, 6) is 0. The van der Waals surface area contributed by atoms with E-state index in [1.807, 2.05) is 30.3 Å². The van der Waals surface area contributed by atoms with Gasteiger partial charge in [0.2, 0.25) is 0 Å². The fraction of sp³-hybridized carbons (Fsp3) is 0.154. The summed E-state index contributed by atoms with van der Waals surface area (Å²) in [6.45, 7) is 0. The number of pyridine rings is 1. The highest BCUT2D eigenvalue weighted by atomic mass is 79.9. The summed E-state index contributed by atoms with van der Waals surface area (Å²) < 4.78 is 1.08. The maximum Gasteiger partial charge on any atom is 0.0574 e. The van der Waals surface area contributed by atoms with Gasteiger partial charge in [-0.05, 0) is 36.2 Å². The molecule has 16 heavy (non-hydrogen) atoms. The molecule has 1 atom stereocenters. The van der Waals surface area contributed by atoms with E-state index in [1.165, 1.54) is 5.56 Å². The highest BCUT2D eigenvalue weighted by Gasteiger charge is 2.07. The van der Waals surface area contributed by atoms with Crippen molar-refractivity contribution in [1.82, 2.24) is 4.98 Å². The summed E-state index contributed by atoms with van der Waals surface area (Å²) in [6, 6.07) is 14.0. The zero-order valence-electron chi connectivity index (χ0n) is 8.81. The lowest BCUT2D eigenvalue weighted by atomic mass is 10.0. The molecule has 0 saturated heterocycles. The fourth-order valence-corrected chi connectivity index (χ4v) is 2.06. The molecule has 0 fully saturated rings. The van der Waals surface area contributed by atoms with Gasteiger partial charge in [-0.1, -0.05) is 34.1 Å². The molecule has 82 valence electrons. The molecule has 0 aliphatic heterocycles. The molecule has 0 bridgehead atoms. The second-order valence-corrected chi connectivity index (χ2v) is 4.61. The molecule has 0 amide bonds. The van der Waals surface area contributed by atoms with Crippen LogP contribution in [0.15, 0.2) is 53.1 Å². The lowest BCUT2D eigenvalue weighted by Gasteiger charge is -2.10. The molecular weight excluding hydrogens is 264 g/mol. The molecule has 0 spiro atoms. The lowest BCUT2D eigenvalue weighted by Crippen LogP contribution is -2.14. The van der Waals surface area contributed by atoms with Gasteiger partial charge >= 0.3 is 0 Å². The van der Waals surface area contributed by atoms with Gasteiger partial charge in [0.05, 0.1) is 11.7 Å². The second-order valence-electron chi connectivity index (χ2n) is 3.70. The van der Waals surface area contributed by atoms with Gasteiger partial charge in [-0.25, -0.2) is 0 Å². The van der Waals surface area contributed by atoms with Crippen molar-refractivity contribution in [3.05, 3.63) is 64.4 Å². The molecule has 1 unspecified atom stereocenters. The Bertz CT molecular complexity index is 456. The number of hydrogen-bond donors (Lipinski definition) is 1. The molecule has 1 aromatic carbocycles. The number of aromatic nitrogens is 1. The third kappa shape index (κ3) is 2.90. The lowest BCUT2D eigenvalue weighted by molar-refractivity contribution is 0.696. The SMILES string of the molecule is NC(Cc1cccc(Br)c1)c1ccccn1. The third-order valence-electron chi connectivity index (χ3n) is 2.41. The maximum absolute atomic E-state index is 6.10. The van der Waals surface area contributed by atoms with E-state index in [4.69, 9.17) is 5.73 Å². The predicted octanol–water partition coefficient (Wildman–Crippen LogP) is 3.09. The average molecular weight is 277 g/mol. The topological polar surface area (TPSA) is 38.9 Å². The molecule has 0 aliphatic rings. The summed E-state index contributed by atoms with van der Waals surface area (Å²) in [7, 11) is 0. The van der Waals surface area contributed by atoms with E-state index in [1.54, 1.807) is 6.20 Å². The van der Waals surface area contributed by atoms with Crippen molar-refractivity contribution in [3.63, 3.8) is 0 Å². The van der Waals surface area contributed by atoms with Crippen molar-refractivity contribution < 1.29 is 0 Å². The summed E-state index contributed by atoms with van der Waals surface area (Å²) in [5.41, 5.74) is 8.25. The predicted molar refractivity (Wildman–Crippen MR) is 69.0 cm³/mol. The Morgan fingerprint density at radius 1 is 1.19 bits per heavy atom. The van der Waals surface area contributed by atoms with Gasteiger partial charge in [-0.15, -0.1) is 0 Å². The average Bonchev–Trinajstić information content (AvgIpc) is 2.30. The molecular formula is C13H13BrN2. The Morgan fingerprint density at radius 3 is 2.75 bits per heavy atom. The van der Waals surface area contributed by atoms with Crippen LogP contribution in [0.25, 0.3) is 0 Å². The van der Waals surface area contributed by atoms with Crippen LogP contribution >= 0.6 is 15.9 Å². The Kier molecular flexibility index (Phi) is 3.70. The molecule has 0 aliphatic carbocycles. The van der Waals surface area contributed by atoms with Crippen molar-refractivity contribution in [2.75, 3.05) is 0 Å². The largest absolute Gasteiger partial charge is 0.322 e. The highest BCUT2D eigenvalue weighted by molar-refractivity contribution is 9.10. The quantitative estimate of drug-likeness (QED) is 0.936. The van der Waals surface area contributed by atoms with Crippen LogP contribution in [0.5, 0.6) is 0 Å². The first-order valence-corrected chi connectivity index (χ1v) is 5.96. The summed E-state index contributed by atoms with van der Waals surface area (Å²) in [6.07, 6.45) is 2.58. The first-order chi connectivity index (χ1) is 7.75.